The molecule has 190 valence electrons. The predicted molar refractivity (Wildman–Crippen MR) is 129 cm³/mol. The maximum Gasteiger partial charge on any atom is 0.310 e. The van der Waals surface area contributed by atoms with E-state index < -0.39 is 47.5 Å². The highest BCUT2D eigenvalue weighted by Gasteiger charge is 2.75. The Bertz CT molecular complexity index is 952. The van der Waals surface area contributed by atoms with Gasteiger partial charge in [-0.25, -0.2) is 0 Å². The molecule has 0 saturated carbocycles. The SMILES string of the molecule is C=CCN(CCCCC)C(=O)[C@@H]1N([C@@H](CO)Cc2ccccc2)C(=O)[C@H]2[C@H](C(=O)O)[C@@H]3CC[C@]12O3. The Labute approximate surface area is 206 Å². The van der Waals surface area contributed by atoms with Crippen LogP contribution in [0.1, 0.15) is 44.6 Å². The number of aliphatic hydroxyl groups is 1. The number of likely N-dealkylation sites (tertiary alicyclic amines) is 1. The van der Waals surface area contributed by atoms with Gasteiger partial charge in [0.15, 0.2) is 0 Å². The highest BCUT2D eigenvalue weighted by Crippen LogP contribution is 2.59. The Balaban J connectivity index is 1.74. The normalized spacial score (nSPS) is 29.8. The fourth-order valence-corrected chi connectivity index (χ4v) is 6.36. The maximum absolute atomic E-state index is 14.1. The van der Waals surface area contributed by atoms with E-state index in [1.54, 1.807) is 11.0 Å². The molecule has 8 nitrogen and oxygen atoms in total. The standard InChI is InChI=1S/C27H36N2O6/c1-3-5-9-15-28(14-4-2)25(32)23-27-13-12-20(35-27)21(26(33)34)22(27)24(31)29(23)19(17-30)16-18-10-7-6-8-11-18/h4,6-8,10-11,19-23,30H,2-3,5,9,12-17H2,1H3,(H,33,34)/t19-,20+,21-,22-,23+,27-/m1/s1. The van der Waals surface area contributed by atoms with Crippen LogP contribution in [0, 0.1) is 11.8 Å². The van der Waals surface area contributed by atoms with Gasteiger partial charge in [0.2, 0.25) is 11.8 Å². The van der Waals surface area contributed by atoms with Gasteiger partial charge in [-0.1, -0.05) is 56.2 Å². The lowest BCUT2D eigenvalue weighted by Gasteiger charge is -2.39. The number of carbonyl (C=O) groups is 3. The lowest BCUT2D eigenvalue weighted by atomic mass is 9.70. The molecule has 8 heteroatoms. The van der Waals surface area contributed by atoms with Crippen LogP contribution in [0.3, 0.4) is 0 Å². The summed E-state index contributed by atoms with van der Waals surface area (Å²) < 4.78 is 6.29. The summed E-state index contributed by atoms with van der Waals surface area (Å²) in [6, 6.07) is 7.84. The van der Waals surface area contributed by atoms with Crippen molar-refractivity contribution in [1.82, 2.24) is 9.80 Å². The van der Waals surface area contributed by atoms with E-state index >= 15 is 0 Å². The van der Waals surface area contributed by atoms with Crippen molar-refractivity contribution in [2.75, 3.05) is 19.7 Å². The molecule has 0 radical (unpaired) electrons. The molecule has 2 amide bonds. The van der Waals surface area contributed by atoms with Gasteiger partial charge in [-0.15, -0.1) is 6.58 Å². The first-order valence-electron chi connectivity index (χ1n) is 12.7. The number of carboxylic acid groups (broad SMARTS) is 1. The van der Waals surface area contributed by atoms with Crippen molar-refractivity contribution in [3.8, 4) is 0 Å². The smallest absolute Gasteiger partial charge is 0.310 e. The molecule has 3 heterocycles. The van der Waals surface area contributed by atoms with E-state index in [4.69, 9.17) is 4.74 Å². The zero-order chi connectivity index (χ0) is 25.2. The van der Waals surface area contributed by atoms with Crippen LogP contribution in [-0.4, -0.2) is 81.3 Å². The number of carboxylic acids is 1. The van der Waals surface area contributed by atoms with Crippen LogP contribution in [-0.2, 0) is 25.5 Å². The molecular weight excluding hydrogens is 448 g/mol. The molecule has 1 aromatic rings. The summed E-state index contributed by atoms with van der Waals surface area (Å²) in [7, 11) is 0. The summed E-state index contributed by atoms with van der Waals surface area (Å²) in [5.41, 5.74) is -0.262. The third-order valence-electron chi connectivity index (χ3n) is 7.87. The van der Waals surface area contributed by atoms with Crippen molar-refractivity contribution in [3.05, 3.63) is 48.6 Å². The summed E-state index contributed by atoms with van der Waals surface area (Å²) in [5, 5.41) is 20.4. The maximum atomic E-state index is 14.1. The third kappa shape index (κ3) is 4.38. The molecule has 0 unspecified atom stereocenters. The second-order valence-corrected chi connectivity index (χ2v) is 9.95. The Kier molecular flexibility index (Phi) is 7.62. The largest absolute Gasteiger partial charge is 0.481 e. The Morgan fingerprint density at radius 2 is 2.06 bits per heavy atom. The molecule has 3 saturated heterocycles. The van der Waals surface area contributed by atoms with Gasteiger partial charge < -0.3 is 24.7 Å². The first-order chi connectivity index (χ1) is 16.9. The first kappa shape index (κ1) is 25.4. The number of carbonyl (C=O) groups excluding carboxylic acids is 2. The summed E-state index contributed by atoms with van der Waals surface area (Å²) in [4.78, 5) is 43.4. The summed E-state index contributed by atoms with van der Waals surface area (Å²) in [6.45, 7) is 6.40. The van der Waals surface area contributed by atoms with Gasteiger partial charge in [-0.2, -0.15) is 0 Å². The molecular formula is C27H36N2O6. The summed E-state index contributed by atoms with van der Waals surface area (Å²) in [6.07, 6.45) is 5.19. The Morgan fingerprint density at radius 3 is 2.69 bits per heavy atom. The Hall–Kier alpha value is -2.71. The molecule has 3 aliphatic rings. The van der Waals surface area contributed by atoms with Crippen LogP contribution in [0.4, 0.5) is 0 Å². The molecule has 6 atom stereocenters. The number of aliphatic hydroxyl groups excluding tert-OH is 1. The minimum atomic E-state index is -1.18. The number of fused-ring (bicyclic) bond motifs is 1. The molecule has 1 aromatic carbocycles. The van der Waals surface area contributed by atoms with Gasteiger partial charge in [-0.3, -0.25) is 14.4 Å². The fourth-order valence-electron chi connectivity index (χ4n) is 6.36. The van der Waals surface area contributed by atoms with Crippen LogP contribution in [0.5, 0.6) is 0 Å². The molecule has 3 fully saturated rings. The zero-order valence-electron chi connectivity index (χ0n) is 20.3. The second-order valence-electron chi connectivity index (χ2n) is 9.95. The molecule has 0 aromatic heterocycles. The average Bonchev–Trinajstić information content (AvgIpc) is 3.50. The summed E-state index contributed by atoms with van der Waals surface area (Å²) in [5.74, 6) is -3.65. The highest BCUT2D eigenvalue weighted by atomic mass is 16.5. The van der Waals surface area contributed by atoms with Crippen molar-refractivity contribution in [2.45, 2.75) is 69.2 Å². The number of aliphatic carboxylic acids is 1. The van der Waals surface area contributed by atoms with E-state index in [0.29, 0.717) is 32.4 Å². The number of hydrogen-bond acceptors (Lipinski definition) is 5. The van der Waals surface area contributed by atoms with Gasteiger partial charge in [0, 0.05) is 13.1 Å². The lowest BCUT2D eigenvalue weighted by Crippen LogP contribution is -2.59. The van der Waals surface area contributed by atoms with Crippen LogP contribution in [0.25, 0.3) is 0 Å². The monoisotopic (exact) mass is 484 g/mol. The molecule has 35 heavy (non-hydrogen) atoms. The predicted octanol–water partition coefficient (Wildman–Crippen LogP) is 2.25. The van der Waals surface area contributed by atoms with Gasteiger partial charge in [-0.05, 0) is 31.2 Å². The topological polar surface area (TPSA) is 107 Å². The quantitative estimate of drug-likeness (QED) is 0.348. The molecule has 3 aliphatic heterocycles. The van der Waals surface area contributed by atoms with Crippen molar-refractivity contribution >= 4 is 17.8 Å². The third-order valence-corrected chi connectivity index (χ3v) is 7.87. The van der Waals surface area contributed by atoms with Crippen molar-refractivity contribution in [2.24, 2.45) is 11.8 Å². The van der Waals surface area contributed by atoms with Crippen LogP contribution >= 0.6 is 0 Å². The number of rotatable bonds is 12. The highest BCUT2D eigenvalue weighted by molar-refractivity contribution is 5.98. The Morgan fingerprint density at radius 1 is 1.31 bits per heavy atom. The van der Waals surface area contributed by atoms with E-state index in [-0.39, 0.29) is 12.5 Å². The van der Waals surface area contributed by atoms with Crippen LogP contribution < -0.4 is 0 Å². The number of ether oxygens (including phenoxy) is 1. The van der Waals surface area contributed by atoms with Crippen LogP contribution in [0.15, 0.2) is 43.0 Å². The lowest BCUT2D eigenvalue weighted by molar-refractivity contribution is -0.153. The zero-order valence-corrected chi connectivity index (χ0v) is 20.3. The minimum absolute atomic E-state index is 0.255. The number of unbranched alkanes of at least 4 members (excludes halogenated alkanes) is 2. The van der Waals surface area contributed by atoms with Crippen molar-refractivity contribution in [3.63, 3.8) is 0 Å². The van der Waals surface area contributed by atoms with Crippen LogP contribution in [0.2, 0.25) is 0 Å². The second kappa shape index (κ2) is 10.5. The van der Waals surface area contributed by atoms with Crippen molar-refractivity contribution < 1.29 is 29.3 Å². The van der Waals surface area contributed by atoms with Gasteiger partial charge in [0.25, 0.3) is 0 Å². The van der Waals surface area contributed by atoms with E-state index in [1.165, 1.54) is 4.90 Å². The molecule has 0 aliphatic carbocycles. The van der Waals surface area contributed by atoms with E-state index in [9.17, 15) is 24.6 Å². The fraction of sp³-hybridized carbons (Fsp3) is 0.593. The summed E-state index contributed by atoms with van der Waals surface area (Å²) >= 11 is 0. The number of amides is 2. The van der Waals surface area contributed by atoms with Gasteiger partial charge in [0.05, 0.1) is 30.6 Å². The van der Waals surface area contributed by atoms with Gasteiger partial charge >= 0.3 is 5.97 Å². The van der Waals surface area contributed by atoms with E-state index in [2.05, 4.69) is 13.5 Å². The number of nitrogens with zero attached hydrogens (tertiary/aromatic N) is 2. The van der Waals surface area contributed by atoms with E-state index in [0.717, 1.165) is 24.8 Å². The molecule has 4 rings (SSSR count). The van der Waals surface area contributed by atoms with Gasteiger partial charge in [0.1, 0.15) is 11.6 Å². The number of benzene rings is 1. The van der Waals surface area contributed by atoms with E-state index in [1.807, 2.05) is 30.3 Å². The average molecular weight is 485 g/mol. The molecule has 2 bridgehead atoms. The molecule has 1 spiro atoms. The van der Waals surface area contributed by atoms with Crippen molar-refractivity contribution in [1.29, 1.82) is 0 Å². The minimum Gasteiger partial charge on any atom is -0.481 e. The molecule has 2 N–H and O–H groups in total. The first-order valence-corrected chi connectivity index (χ1v) is 12.7. The number of hydrogen-bond donors (Lipinski definition) is 2.